The van der Waals surface area contributed by atoms with Crippen molar-refractivity contribution < 1.29 is 44.4 Å². The number of alkyl halides is 1. The molecule has 0 saturated heterocycles. The number of benzene rings is 2. The second-order valence-electron chi connectivity index (χ2n) is 8.25. The monoisotopic (exact) mass is 636 g/mol. The van der Waals surface area contributed by atoms with E-state index in [1.165, 1.54) is 30.0 Å². The Morgan fingerprint density at radius 2 is 1.24 bits per heavy atom. The molecule has 0 bridgehead atoms. The number of carbonyl (C=O) groups excluding carboxylic acids is 2. The smallest absolute Gasteiger partial charge is 0.444 e. The van der Waals surface area contributed by atoms with E-state index >= 15 is 0 Å². The summed E-state index contributed by atoms with van der Waals surface area (Å²) >= 11 is 2.34. The van der Waals surface area contributed by atoms with Gasteiger partial charge in [0.05, 0.1) is 0 Å². The van der Waals surface area contributed by atoms with Crippen LogP contribution in [0.4, 0.5) is 0 Å². The molecule has 0 radical (unpaired) electrons. The minimum Gasteiger partial charge on any atom is -0.444 e. The molecule has 0 atom stereocenters. The number of hydrogen-bond acceptors (Lipinski definition) is 7. The maximum atomic E-state index is 11.0. The Labute approximate surface area is 258 Å². The molecule has 0 aromatic heterocycles. The summed E-state index contributed by atoms with van der Waals surface area (Å²) in [5.74, 6) is 0.0589. The molecule has 0 aliphatic heterocycles. The summed E-state index contributed by atoms with van der Waals surface area (Å²) in [6.07, 6.45) is 3.16. The Morgan fingerprint density at radius 1 is 0.919 bits per heavy atom. The molecule has 9 heteroatoms. The summed E-state index contributed by atoms with van der Waals surface area (Å²) in [7, 11) is 0. The summed E-state index contributed by atoms with van der Waals surface area (Å²) in [4.78, 5) is 29.6. The SMILES string of the molecule is CC(=O)/C(Cc1ccc(C)cc1)=N\O.CC(=O)CCc1ccc(C)cc1.CC(C)I.CCC.O=N[O-].[Na+]. The van der Waals surface area contributed by atoms with E-state index in [2.05, 4.69) is 86.6 Å². The molecule has 1 N–H and O–H groups in total. The molecule has 0 saturated carbocycles. The zero-order valence-corrected chi connectivity index (χ0v) is 28.0. The summed E-state index contributed by atoms with van der Waals surface area (Å²) in [5.41, 5.74) is 4.84. The number of halogens is 1. The predicted molar refractivity (Wildman–Crippen MR) is 159 cm³/mol. The normalized spacial score (nSPS) is 9.30. The molecule has 7 nitrogen and oxygen atoms in total. The average Bonchev–Trinajstić information content (AvgIpc) is 2.79. The Balaban J connectivity index is -0.000000214. The molecule has 2 aromatic rings. The van der Waals surface area contributed by atoms with Gasteiger partial charge in [-0.3, -0.25) is 4.79 Å². The molecule has 0 fully saturated rings. The van der Waals surface area contributed by atoms with Crippen LogP contribution in [0.15, 0.2) is 59.0 Å². The zero-order chi connectivity index (χ0) is 28.5. The van der Waals surface area contributed by atoms with Crippen LogP contribution in [0.1, 0.15) is 76.6 Å². The standard InChI is InChI=1S/C11H13NO2.C11H14O.C3H7I.C3H8.HNO2.Na/c1-8-3-5-10(6-4-8)7-11(12-14)9(2)13;1-9-3-6-11(7-4-9)8-5-10(2)12;1-3(2)4;1-3-2;2-1-3;/h3-6,14H,7H2,1-2H3;3-4,6-7H,5,8H2,1-2H3;3H,1-2H3;3H2,1-2H3;(H,2,3);/q;;;;;+1/p-1/b12-11-;;;;;. The molecular weight excluding hydrogens is 594 g/mol. The number of Topliss-reactive ketones (excluding diaryl/α,β-unsaturated/α-hetero) is 2. The van der Waals surface area contributed by atoms with E-state index in [1.54, 1.807) is 6.92 Å². The van der Waals surface area contributed by atoms with E-state index in [4.69, 9.17) is 15.3 Å². The van der Waals surface area contributed by atoms with Crippen molar-refractivity contribution in [3.63, 3.8) is 0 Å². The number of nitrogens with zero attached hydrogens (tertiary/aromatic N) is 2. The van der Waals surface area contributed by atoms with Crippen molar-refractivity contribution in [3.8, 4) is 0 Å². The Morgan fingerprint density at radius 3 is 1.51 bits per heavy atom. The molecule has 0 spiro atoms. The number of hydrogen-bond donors (Lipinski definition) is 1. The molecule has 0 heterocycles. The van der Waals surface area contributed by atoms with Crippen LogP contribution in [0.5, 0.6) is 0 Å². The first-order chi connectivity index (χ1) is 16.9. The van der Waals surface area contributed by atoms with Crippen molar-refractivity contribution in [1.82, 2.24) is 0 Å². The van der Waals surface area contributed by atoms with Crippen LogP contribution in [0.25, 0.3) is 0 Å². The van der Waals surface area contributed by atoms with Gasteiger partial charge >= 0.3 is 29.6 Å². The molecule has 2 aromatic carbocycles. The van der Waals surface area contributed by atoms with Crippen molar-refractivity contribution in [2.45, 2.75) is 85.0 Å². The van der Waals surface area contributed by atoms with Crippen LogP contribution in [0.2, 0.25) is 0 Å². The van der Waals surface area contributed by atoms with Gasteiger partial charge in [-0.25, -0.2) is 0 Å². The van der Waals surface area contributed by atoms with Gasteiger partial charge in [0, 0.05) is 23.7 Å². The van der Waals surface area contributed by atoms with Gasteiger partial charge in [-0.15, -0.1) is 5.34 Å². The van der Waals surface area contributed by atoms with Gasteiger partial charge in [0.2, 0.25) is 0 Å². The van der Waals surface area contributed by atoms with Crippen LogP contribution in [0.3, 0.4) is 0 Å². The Kier molecular flexibility index (Phi) is 33.2. The van der Waals surface area contributed by atoms with Crippen LogP contribution < -0.4 is 29.6 Å². The first kappa shape index (κ1) is 42.5. The van der Waals surface area contributed by atoms with Gasteiger partial charge in [-0.1, -0.05) is 122 Å². The summed E-state index contributed by atoms with van der Waals surface area (Å²) in [5, 5.41) is 20.6. The minimum absolute atomic E-state index is 0. The fourth-order valence-electron chi connectivity index (χ4n) is 2.20. The van der Waals surface area contributed by atoms with E-state index in [0.29, 0.717) is 12.8 Å². The van der Waals surface area contributed by atoms with Gasteiger partial charge in [-0.2, -0.15) is 0 Å². The fraction of sp³-hybridized carbons (Fsp3) is 0.464. The van der Waals surface area contributed by atoms with Gasteiger partial charge in [0.15, 0.2) is 5.78 Å². The van der Waals surface area contributed by atoms with E-state index in [0.717, 1.165) is 21.2 Å². The van der Waals surface area contributed by atoms with Crippen LogP contribution in [0, 0.1) is 24.0 Å². The third-order valence-electron chi connectivity index (χ3n) is 3.91. The third-order valence-corrected chi connectivity index (χ3v) is 3.91. The summed E-state index contributed by atoms with van der Waals surface area (Å²) in [6, 6.07) is 16.1. The topological polar surface area (TPSA) is 119 Å². The number of aryl methyl sites for hydroxylation is 3. The molecular formula is C28H42IN2NaO5. The van der Waals surface area contributed by atoms with E-state index in [1.807, 2.05) is 31.2 Å². The molecule has 37 heavy (non-hydrogen) atoms. The van der Waals surface area contributed by atoms with Gasteiger partial charge < -0.3 is 20.1 Å². The van der Waals surface area contributed by atoms with Gasteiger partial charge in [-0.05, 0) is 38.3 Å². The average molecular weight is 637 g/mol. The van der Waals surface area contributed by atoms with Crippen LogP contribution >= 0.6 is 22.6 Å². The molecule has 2 rings (SSSR count). The van der Waals surface area contributed by atoms with Crippen molar-refractivity contribution in [2.24, 2.45) is 10.5 Å². The van der Waals surface area contributed by atoms with E-state index in [-0.39, 0.29) is 46.8 Å². The molecule has 0 aliphatic carbocycles. The van der Waals surface area contributed by atoms with Gasteiger partial charge in [0.25, 0.3) is 0 Å². The molecule has 202 valence electrons. The maximum Gasteiger partial charge on any atom is 1.00 e. The van der Waals surface area contributed by atoms with Crippen molar-refractivity contribution in [1.29, 1.82) is 0 Å². The Bertz CT molecular complexity index is 868. The molecule has 0 aliphatic rings. The van der Waals surface area contributed by atoms with Crippen LogP contribution in [-0.2, 0) is 22.4 Å². The molecule has 0 amide bonds. The largest absolute Gasteiger partial charge is 1.00 e. The summed E-state index contributed by atoms with van der Waals surface area (Å²) < 4.78 is 0.803. The second-order valence-corrected chi connectivity index (χ2v) is 10.7. The quantitative estimate of drug-likeness (QED) is 0.0914. The number of rotatable bonds is 6. The van der Waals surface area contributed by atoms with Crippen molar-refractivity contribution >= 4 is 39.9 Å². The van der Waals surface area contributed by atoms with Crippen molar-refractivity contribution in [2.75, 3.05) is 0 Å². The molecule has 0 unspecified atom stereocenters. The van der Waals surface area contributed by atoms with E-state index in [9.17, 15) is 9.59 Å². The van der Waals surface area contributed by atoms with E-state index < -0.39 is 0 Å². The maximum absolute atomic E-state index is 11.0. The second kappa shape index (κ2) is 28.9. The third kappa shape index (κ3) is 32.4. The summed E-state index contributed by atoms with van der Waals surface area (Å²) in [6.45, 7) is 15.6. The first-order valence-electron chi connectivity index (χ1n) is 11.8. The number of ketones is 2. The zero-order valence-electron chi connectivity index (χ0n) is 23.9. The van der Waals surface area contributed by atoms with Gasteiger partial charge in [0.1, 0.15) is 11.5 Å². The van der Waals surface area contributed by atoms with Crippen LogP contribution in [-0.4, -0.2) is 26.4 Å². The minimum atomic E-state index is -0.201. The van der Waals surface area contributed by atoms with Crippen molar-refractivity contribution in [3.05, 3.63) is 80.9 Å². The fourth-order valence-corrected chi connectivity index (χ4v) is 2.20. The number of carbonyl (C=O) groups is 2. The first-order valence-corrected chi connectivity index (χ1v) is 13.0. The Hall–Kier alpha value is -1.62. The predicted octanol–water partition coefficient (Wildman–Crippen LogP) is 4.97. The number of oxime groups is 1.